The van der Waals surface area contributed by atoms with Crippen molar-refractivity contribution in [1.29, 1.82) is 5.26 Å². The molecule has 2 N–H and O–H groups in total. The van der Waals surface area contributed by atoms with Crippen molar-refractivity contribution in [3.63, 3.8) is 0 Å². The molecule has 0 aliphatic rings. The molecule has 0 spiro atoms. The van der Waals surface area contributed by atoms with Crippen LogP contribution in [0.1, 0.15) is 29.9 Å². The minimum atomic E-state index is -3.53. The summed E-state index contributed by atoms with van der Waals surface area (Å²) in [6.45, 7) is 1.63. The van der Waals surface area contributed by atoms with E-state index in [-0.39, 0.29) is 11.6 Å². The maximum absolute atomic E-state index is 12.0. The van der Waals surface area contributed by atoms with Gasteiger partial charge in [-0.25, -0.2) is 13.1 Å². The predicted octanol–water partition coefficient (Wildman–Crippen LogP) is 0.252. The summed E-state index contributed by atoms with van der Waals surface area (Å²) in [6, 6.07) is 7.77. The summed E-state index contributed by atoms with van der Waals surface area (Å²) in [7, 11) is -3.53. The number of aromatic amines is 1. The molecule has 2 aromatic rings. The molecular formula is C11H12N6O2S. The average Bonchev–Trinajstić information content (AvgIpc) is 2.92. The van der Waals surface area contributed by atoms with Gasteiger partial charge >= 0.3 is 0 Å². The molecule has 0 aliphatic carbocycles. The van der Waals surface area contributed by atoms with Crippen molar-refractivity contribution in [2.75, 3.05) is 0 Å². The van der Waals surface area contributed by atoms with E-state index in [2.05, 4.69) is 25.3 Å². The lowest BCUT2D eigenvalue weighted by Gasteiger charge is -2.10. The summed E-state index contributed by atoms with van der Waals surface area (Å²) in [6.07, 6.45) is 0. The first-order chi connectivity index (χ1) is 9.50. The van der Waals surface area contributed by atoms with Gasteiger partial charge in [0.15, 0.2) is 5.82 Å². The van der Waals surface area contributed by atoms with Crippen molar-refractivity contribution in [1.82, 2.24) is 25.3 Å². The molecule has 0 bridgehead atoms. The molecule has 0 radical (unpaired) electrons. The Bertz CT molecular complexity index is 702. The Kier molecular flexibility index (Phi) is 4.07. The lowest BCUT2D eigenvalue weighted by Crippen LogP contribution is -2.28. The summed E-state index contributed by atoms with van der Waals surface area (Å²) < 4.78 is 26.5. The van der Waals surface area contributed by atoms with E-state index in [0.717, 1.165) is 0 Å². The van der Waals surface area contributed by atoms with Gasteiger partial charge in [-0.3, -0.25) is 0 Å². The Labute approximate surface area is 115 Å². The van der Waals surface area contributed by atoms with Crippen LogP contribution in [0.2, 0.25) is 0 Å². The maximum Gasteiger partial charge on any atom is 0.216 e. The Morgan fingerprint density at radius 1 is 1.40 bits per heavy atom. The first-order valence-corrected chi connectivity index (χ1v) is 7.38. The van der Waals surface area contributed by atoms with E-state index in [1.54, 1.807) is 31.2 Å². The predicted molar refractivity (Wildman–Crippen MR) is 69.5 cm³/mol. The number of sulfonamides is 1. The first-order valence-electron chi connectivity index (χ1n) is 5.72. The lowest BCUT2D eigenvalue weighted by molar-refractivity contribution is 0.559. The van der Waals surface area contributed by atoms with Crippen LogP contribution < -0.4 is 4.72 Å². The number of nitrogens with zero attached hydrogens (tertiary/aromatic N) is 4. The number of tetrazole rings is 1. The molecular weight excluding hydrogens is 280 g/mol. The van der Waals surface area contributed by atoms with Gasteiger partial charge < -0.3 is 0 Å². The molecule has 104 valence electrons. The third kappa shape index (κ3) is 3.59. The van der Waals surface area contributed by atoms with Crippen LogP contribution >= 0.6 is 0 Å². The molecule has 20 heavy (non-hydrogen) atoms. The Morgan fingerprint density at radius 3 is 2.65 bits per heavy atom. The zero-order chi connectivity index (χ0) is 14.6. The number of aromatic nitrogens is 4. The fourth-order valence-corrected chi connectivity index (χ4v) is 2.97. The van der Waals surface area contributed by atoms with Gasteiger partial charge in [0.05, 0.1) is 23.4 Å². The largest absolute Gasteiger partial charge is 0.216 e. The van der Waals surface area contributed by atoms with Crippen LogP contribution in [0.15, 0.2) is 24.3 Å². The molecule has 1 heterocycles. The van der Waals surface area contributed by atoms with Crippen LogP contribution in [0.5, 0.6) is 0 Å². The van der Waals surface area contributed by atoms with Gasteiger partial charge in [-0.15, -0.1) is 10.2 Å². The van der Waals surface area contributed by atoms with Crippen molar-refractivity contribution >= 4 is 10.0 Å². The number of benzene rings is 1. The summed E-state index contributed by atoms with van der Waals surface area (Å²) in [4.78, 5) is 0. The van der Waals surface area contributed by atoms with E-state index in [1.165, 1.54) is 0 Å². The van der Waals surface area contributed by atoms with Crippen molar-refractivity contribution < 1.29 is 8.42 Å². The second kappa shape index (κ2) is 5.77. The summed E-state index contributed by atoms with van der Waals surface area (Å²) in [5.74, 6) is 0.0920. The maximum atomic E-state index is 12.0. The topological polar surface area (TPSA) is 124 Å². The Hall–Kier alpha value is -2.31. The molecule has 1 aromatic carbocycles. The molecule has 0 amide bonds. The second-order valence-corrected chi connectivity index (χ2v) is 5.93. The van der Waals surface area contributed by atoms with Gasteiger partial charge in [0.2, 0.25) is 10.0 Å². The summed E-state index contributed by atoms with van der Waals surface area (Å²) in [5.41, 5.74) is 1.08. The summed E-state index contributed by atoms with van der Waals surface area (Å²) in [5, 5.41) is 21.8. The normalized spacial score (nSPS) is 12.8. The molecule has 2 rings (SSSR count). The van der Waals surface area contributed by atoms with Gasteiger partial charge in [0.1, 0.15) is 0 Å². The molecule has 0 aliphatic heterocycles. The zero-order valence-corrected chi connectivity index (χ0v) is 11.4. The van der Waals surface area contributed by atoms with E-state index in [9.17, 15) is 8.42 Å². The zero-order valence-electron chi connectivity index (χ0n) is 10.6. The minimum absolute atomic E-state index is 0.180. The average molecular weight is 292 g/mol. The lowest BCUT2D eigenvalue weighted by atomic mass is 10.2. The fourth-order valence-electron chi connectivity index (χ4n) is 1.61. The number of rotatable bonds is 5. The van der Waals surface area contributed by atoms with E-state index >= 15 is 0 Å². The van der Waals surface area contributed by atoms with Gasteiger partial charge in [0, 0.05) is 0 Å². The van der Waals surface area contributed by atoms with Crippen molar-refractivity contribution in [2.45, 2.75) is 18.7 Å². The Morgan fingerprint density at radius 2 is 2.10 bits per heavy atom. The van der Waals surface area contributed by atoms with Gasteiger partial charge in [-0.05, 0) is 24.6 Å². The van der Waals surface area contributed by atoms with Gasteiger partial charge in [0.25, 0.3) is 0 Å². The molecule has 9 heteroatoms. The minimum Gasteiger partial charge on any atom is -0.212 e. The van der Waals surface area contributed by atoms with Crippen LogP contribution in [-0.2, 0) is 15.8 Å². The third-order valence-electron chi connectivity index (χ3n) is 2.55. The van der Waals surface area contributed by atoms with Crippen LogP contribution in [0.25, 0.3) is 0 Å². The number of hydrogen-bond donors (Lipinski definition) is 2. The van der Waals surface area contributed by atoms with Crippen LogP contribution in [0.4, 0.5) is 0 Å². The quantitative estimate of drug-likeness (QED) is 0.814. The molecule has 1 unspecified atom stereocenters. The fraction of sp³-hybridized carbons (Fsp3) is 0.273. The molecule has 1 atom stereocenters. The monoisotopic (exact) mass is 292 g/mol. The van der Waals surface area contributed by atoms with E-state index in [0.29, 0.717) is 11.1 Å². The molecule has 0 saturated carbocycles. The number of H-pyrrole nitrogens is 1. The van der Waals surface area contributed by atoms with Crippen molar-refractivity contribution in [3.05, 3.63) is 41.2 Å². The highest BCUT2D eigenvalue weighted by Crippen LogP contribution is 2.11. The van der Waals surface area contributed by atoms with Gasteiger partial charge in [-0.2, -0.15) is 10.5 Å². The number of nitriles is 1. The third-order valence-corrected chi connectivity index (χ3v) is 3.97. The molecule has 0 fully saturated rings. The van der Waals surface area contributed by atoms with E-state index in [1.807, 2.05) is 6.07 Å². The molecule has 1 aromatic heterocycles. The second-order valence-electron chi connectivity index (χ2n) is 4.18. The summed E-state index contributed by atoms with van der Waals surface area (Å²) >= 11 is 0. The number of nitrogens with one attached hydrogen (secondary N) is 2. The molecule has 0 saturated heterocycles. The molecule has 8 nitrogen and oxygen atoms in total. The first kappa shape index (κ1) is 14.1. The number of hydrogen-bond acceptors (Lipinski definition) is 6. The standard InChI is InChI=1S/C11H12N6O2S/c1-8(11-13-16-17-14-11)15-20(18,19)7-10-4-2-9(6-12)3-5-10/h2-5,8,15H,7H2,1H3,(H,13,14,16,17). The van der Waals surface area contributed by atoms with E-state index in [4.69, 9.17) is 5.26 Å². The highest BCUT2D eigenvalue weighted by molar-refractivity contribution is 7.88. The van der Waals surface area contributed by atoms with Gasteiger partial charge in [-0.1, -0.05) is 17.3 Å². The highest BCUT2D eigenvalue weighted by atomic mass is 32.2. The smallest absolute Gasteiger partial charge is 0.212 e. The van der Waals surface area contributed by atoms with E-state index < -0.39 is 16.1 Å². The SMILES string of the molecule is CC(NS(=O)(=O)Cc1ccc(C#N)cc1)c1nn[nH]n1. The van der Waals surface area contributed by atoms with Crippen LogP contribution in [-0.4, -0.2) is 29.0 Å². The Balaban J connectivity index is 2.05. The van der Waals surface area contributed by atoms with Crippen molar-refractivity contribution in [3.8, 4) is 6.07 Å². The van der Waals surface area contributed by atoms with Crippen molar-refractivity contribution in [2.24, 2.45) is 0 Å². The highest BCUT2D eigenvalue weighted by Gasteiger charge is 2.19. The van der Waals surface area contributed by atoms with Crippen LogP contribution in [0, 0.1) is 11.3 Å². The van der Waals surface area contributed by atoms with Crippen LogP contribution in [0.3, 0.4) is 0 Å².